The second-order valence-electron chi connectivity index (χ2n) is 14.0. The molecule has 0 saturated carbocycles. The number of aliphatic hydroxyl groups excluding tert-OH is 1. The maximum absolute atomic E-state index is 12.6. The van der Waals surface area contributed by atoms with Crippen LogP contribution in [0.15, 0.2) is 108 Å². The molecule has 9 nitrogen and oxygen atoms in total. The summed E-state index contributed by atoms with van der Waals surface area (Å²) in [6.07, 6.45) is 4.41. The summed E-state index contributed by atoms with van der Waals surface area (Å²) in [6.45, 7) is 8.95. The van der Waals surface area contributed by atoms with Gasteiger partial charge >= 0.3 is 0 Å². The maximum Gasteiger partial charge on any atom is 0.241 e. The lowest BCUT2D eigenvalue weighted by molar-refractivity contribution is -0.105. The summed E-state index contributed by atoms with van der Waals surface area (Å²) in [5, 5.41) is 14.0. The van der Waals surface area contributed by atoms with E-state index in [1.165, 1.54) is 5.56 Å². The highest BCUT2D eigenvalue weighted by molar-refractivity contribution is 7.89. The van der Waals surface area contributed by atoms with Crippen LogP contribution in [0.2, 0.25) is 0 Å². The monoisotopic (exact) mass is 739 g/mol. The number of anilines is 1. The second kappa shape index (κ2) is 21.3. The first-order chi connectivity index (χ1) is 25.5. The van der Waals surface area contributed by atoms with Crippen LogP contribution in [-0.2, 0) is 32.7 Å². The summed E-state index contributed by atoms with van der Waals surface area (Å²) >= 11 is 0. The first-order valence-electron chi connectivity index (χ1n) is 18.2. The van der Waals surface area contributed by atoms with Gasteiger partial charge in [0, 0.05) is 37.2 Å². The van der Waals surface area contributed by atoms with Crippen LogP contribution in [0.25, 0.3) is 0 Å². The standard InChI is InChI=1S/C43H53N3O6S/c1-43(2,3)45-53(49,50)39-23-16-22-35(29-39)17-12-15-28-51-27-14-5-4-13-26-46(31-36-18-8-6-9-19-36)32-41(48)38-24-25-42(40(30-38)44-34-47)52-33-37-20-10-7-11-21-37/h6-11,16,18-25,29-30,34,41,45,48H,4-5,13-15,26-28,31-33H2,1-3H3,(H,44,47)/t41-/m1/s1. The van der Waals surface area contributed by atoms with Crippen LogP contribution in [0.1, 0.15) is 81.2 Å². The summed E-state index contributed by atoms with van der Waals surface area (Å²) < 4.78 is 39.7. The molecule has 4 aromatic rings. The number of benzene rings is 4. The van der Waals surface area contributed by atoms with Gasteiger partial charge < -0.3 is 19.9 Å². The van der Waals surface area contributed by atoms with Gasteiger partial charge in [-0.1, -0.05) is 97.5 Å². The molecule has 1 atom stereocenters. The van der Waals surface area contributed by atoms with E-state index in [4.69, 9.17) is 9.47 Å². The van der Waals surface area contributed by atoms with E-state index in [1.54, 1.807) is 36.4 Å². The molecule has 0 aliphatic heterocycles. The Balaban J connectivity index is 1.20. The SMILES string of the molecule is CC(C)(C)NS(=O)(=O)c1cccc(C#CCCOCCCCCCN(Cc2ccccc2)C[C@@H](O)c2ccc(OCc3ccccc3)c(NC=O)c2)c1. The van der Waals surface area contributed by atoms with Gasteiger partial charge in [0.15, 0.2) is 0 Å². The van der Waals surface area contributed by atoms with Crippen molar-refractivity contribution in [3.05, 3.63) is 125 Å². The number of unbranched alkanes of at least 4 members (excludes halogenated alkanes) is 3. The third-order valence-corrected chi connectivity index (χ3v) is 9.98. The lowest BCUT2D eigenvalue weighted by Gasteiger charge is -2.26. The van der Waals surface area contributed by atoms with Crippen LogP contribution in [0.3, 0.4) is 0 Å². The molecule has 0 radical (unpaired) electrons. The van der Waals surface area contributed by atoms with Crippen LogP contribution in [0.5, 0.6) is 5.75 Å². The minimum atomic E-state index is -3.61. The van der Waals surface area contributed by atoms with Crippen molar-refractivity contribution in [2.75, 3.05) is 31.6 Å². The summed E-state index contributed by atoms with van der Waals surface area (Å²) in [7, 11) is -3.61. The molecular weight excluding hydrogens is 687 g/mol. The average Bonchev–Trinajstić information content (AvgIpc) is 3.13. The highest BCUT2D eigenvalue weighted by Crippen LogP contribution is 2.29. The largest absolute Gasteiger partial charge is 0.487 e. The van der Waals surface area contributed by atoms with Crippen LogP contribution in [-0.4, -0.2) is 56.7 Å². The molecule has 282 valence electrons. The van der Waals surface area contributed by atoms with Crippen LogP contribution in [0.4, 0.5) is 5.69 Å². The average molecular weight is 740 g/mol. The second-order valence-corrected chi connectivity index (χ2v) is 15.7. The Kier molecular flexibility index (Phi) is 16.6. The first kappa shape index (κ1) is 41.3. The Hall–Kier alpha value is -4.50. The first-order valence-corrected chi connectivity index (χ1v) is 19.7. The number of carbonyl (C=O) groups is 1. The van der Waals surface area contributed by atoms with E-state index in [-0.39, 0.29) is 4.90 Å². The fourth-order valence-electron chi connectivity index (χ4n) is 5.70. The summed E-state index contributed by atoms with van der Waals surface area (Å²) in [5.74, 6) is 6.67. The smallest absolute Gasteiger partial charge is 0.241 e. The number of rotatable bonds is 21. The fraction of sp³-hybridized carbons (Fsp3) is 0.372. The zero-order valence-corrected chi connectivity index (χ0v) is 31.9. The lowest BCUT2D eigenvalue weighted by Crippen LogP contribution is -2.40. The van der Waals surface area contributed by atoms with Crippen molar-refractivity contribution in [3.63, 3.8) is 0 Å². The zero-order chi connectivity index (χ0) is 37.9. The Morgan fingerprint density at radius 2 is 1.57 bits per heavy atom. The molecule has 10 heteroatoms. The summed E-state index contributed by atoms with van der Waals surface area (Å²) in [5.41, 5.74) is 3.50. The number of hydrogen-bond acceptors (Lipinski definition) is 7. The van der Waals surface area contributed by atoms with Crippen LogP contribution >= 0.6 is 0 Å². The van der Waals surface area contributed by atoms with Crippen LogP contribution < -0.4 is 14.8 Å². The zero-order valence-electron chi connectivity index (χ0n) is 31.1. The van der Waals surface area contributed by atoms with Crippen molar-refractivity contribution in [2.24, 2.45) is 0 Å². The number of carbonyl (C=O) groups excluding carboxylic acids is 1. The number of nitrogens with zero attached hydrogens (tertiary/aromatic N) is 1. The van der Waals surface area contributed by atoms with Gasteiger partial charge in [-0.3, -0.25) is 9.69 Å². The Bertz CT molecular complexity index is 1870. The highest BCUT2D eigenvalue weighted by Gasteiger charge is 2.22. The number of nitrogens with one attached hydrogen (secondary N) is 2. The minimum absolute atomic E-state index is 0.201. The van der Waals surface area contributed by atoms with E-state index in [2.05, 4.69) is 38.9 Å². The van der Waals surface area contributed by atoms with Gasteiger partial charge in [0.05, 0.1) is 23.3 Å². The number of sulfonamides is 1. The molecule has 3 N–H and O–H groups in total. The van der Waals surface area contributed by atoms with Crippen molar-refractivity contribution >= 4 is 22.1 Å². The molecule has 0 aliphatic carbocycles. The van der Waals surface area contributed by atoms with Gasteiger partial charge in [-0.2, -0.15) is 0 Å². The van der Waals surface area contributed by atoms with Crippen molar-refractivity contribution in [1.29, 1.82) is 0 Å². The predicted octanol–water partition coefficient (Wildman–Crippen LogP) is 7.47. The molecule has 0 unspecified atom stereocenters. The highest BCUT2D eigenvalue weighted by atomic mass is 32.2. The Morgan fingerprint density at radius 3 is 2.28 bits per heavy atom. The molecule has 0 bridgehead atoms. The molecule has 1 amide bonds. The molecule has 4 rings (SSSR count). The maximum atomic E-state index is 12.6. The van der Waals surface area contributed by atoms with E-state index in [0.717, 1.165) is 37.8 Å². The van der Waals surface area contributed by atoms with Crippen molar-refractivity contribution in [3.8, 4) is 17.6 Å². The molecule has 0 spiro atoms. The quantitative estimate of drug-likeness (QED) is 0.0462. The van der Waals surface area contributed by atoms with Gasteiger partial charge in [-0.05, 0) is 87.2 Å². The molecule has 4 aromatic carbocycles. The minimum Gasteiger partial charge on any atom is -0.487 e. The topological polar surface area (TPSA) is 117 Å². The van der Waals surface area contributed by atoms with E-state index in [9.17, 15) is 18.3 Å². The van der Waals surface area contributed by atoms with Crippen LogP contribution in [0, 0.1) is 11.8 Å². The Morgan fingerprint density at radius 1 is 0.849 bits per heavy atom. The predicted molar refractivity (Wildman–Crippen MR) is 211 cm³/mol. The molecule has 0 heterocycles. The van der Waals surface area contributed by atoms with Gasteiger partial charge in [-0.15, -0.1) is 0 Å². The molecule has 0 aromatic heterocycles. The molecule has 53 heavy (non-hydrogen) atoms. The van der Waals surface area contributed by atoms with Gasteiger partial charge in [-0.25, -0.2) is 13.1 Å². The van der Waals surface area contributed by atoms with Gasteiger partial charge in [0.2, 0.25) is 16.4 Å². The van der Waals surface area contributed by atoms with E-state index < -0.39 is 21.7 Å². The Labute approximate surface area is 315 Å². The number of ether oxygens (including phenoxy) is 2. The molecule has 0 aliphatic rings. The van der Waals surface area contributed by atoms with E-state index >= 15 is 0 Å². The normalized spacial score (nSPS) is 12.2. The molecule has 0 fully saturated rings. The number of amides is 1. The fourth-order valence-corrected chi connectivity index (χ4v) is 7.17. The third kappa shape index (κ3) is 15.2. The van der Waals surface area contributed by atoms with Crippen molar-refractivity contribution < 1.29 is 27.8 Å². The summed E-state index contributed by atoms with van der Waals surface area (Å²) in [6, 6.07) is 32.2. The number of aliphatic hydroxyl groups is 1. The summed E-state index contributed by atoms with van der Waals surface area (Å²) in [4.78, 5) is 13.9. The van der Waals surface area contributed by atoms with E-state index in [1.807, 2.05) is 75.4 Å². The molecule has 0 saturated heterocycles. The third-order valence-electron chi connectivity index (χ3n) is 8.22. The van der Waals surface area contributed by atoms with Gasteiger partial charge in [0.25, 0.3) is 0 Å². The van der Waals surface area contributed by atoms with Crippen molar-refractivity contribution in [2.45, 2.75) is 82.6 Å². The van der Waals surface area contributed by atoms with Gasteiger partial charge in [0.1, 0.15) is 12.4 Å². The lowest BCUT2D eigenvalue weighted by atomic mass is 10.1. The van der Waals surface area contributed by atoms with E-state index in [0.29, 0.717) is 68.3 Å². The van der Waals surface area contributed by atoms with Crippen molar-refractivity contribution in [1.82, 2.24) is 9.62 Å². The molecular formula is C43H53N3O6S. The number of hydrogen-bond donors (Lipinski definition) is 3.